The molecule has 8 nitrogen and oxygen atoms in total. The van der Waals surface area contributed by atoms with E-state index in [4.69, 9.17) is 4.74 Å². The molecule has 3 amide bonds. The van der Waals surface area contributed by atoms with Crippen LogP contribution in [0.25, 0.3) is 0 Å². The predicted molar refractivity (Wildman–Crippen MR) is 99.3 cm³/mol. The molecular formula is C18H16F3N3O5S. The average Bonchev–Trinajstić information content (AvgIpc) is 2.93. The molecule has 1 heterocycles. The fraction of sp³-hybridized carbons (Fsp3) is 0.222. The first-order valence-electron chi connectivity index (χ1n) is 8.39. The third-order valence-electron chi connectivity index (χ3n) is 4.51. The van der Waals surface area contributed by atoms with Gasteiger partial charge in [0, 0.05) is 11.3 Å². The summed E-state index contributed by atoms with van der Waals surface area (Å²) in [5, 5.41) is 4.46. The highest BCUT2D eigenvalue weighted by Gasteiger charge is 2.45. The molecule has 0 aliphatic carbocycles. The summed E-state index contributed by atoms with van der Waals surface area (Å²) in [6.07, 6.45) is -4.64. The summed E-state index contributed by atoms with van der Waals surface area (Å²) >= 11 is 0. The summed E-state index contributed by atoms with van der Waals surface area (Å²) in [6.45, 7) is 1.36. The quantitative estimate of drug-likeness (QED) is 0.615. The van der Waals surface area contributed by atoms with Crippen LogP contribution in [0.2, 0.25) is 0 Å². The first kappa shape index (κ1) is 21.4. The van der Waals surface area contributed by atoms with Crippen LogP contribution in [0.3, 0.4) is 0 Å². The van der Waals surface area contributed by atoms with Crippen LogP contribution in [0.15, 0.2) is 47.4 Å². The van der Waals surface area contributed by atoms with E-state index >= 15 is 0 Å². The SMILES string of the molecule is COc1ccc(S(=O)(=O)Nc2cccc(C(F)(F)F)c2)cc1[C@@]1(C)NC(=O)NC1=O. The third-order valence-corrected chi connectivity index (χ3v) is 5.89. The van der Waals surface area contributed by atoms with E-state index in [1.54, 1.807) is 0 Å². The van der Waals surface area contributed by atoms with E-state index in [2.05, 4.69) is 15.4 Å². The minimum Gasteiger partial charge on any atom is -0.496 e. The molecule has 0 spiro atoms. The number of carbonyl (C=O) groups excluding carboxylic acids is 2. The van der Waals surface area contributed by atoms with E-state index in [-0.39, 0.29) is 21.9 Å². The lowest BCUT2D eigenvalue weighted by atomic mass is 9.91. The van der Waals surface area contributed by atoms with Gasteiger partial charge in [-0.3, -0.25) is 14.8 Å². The molecule has 0 radical (unpaired) electrons. The predicted octanol–water partition coefficient (Wildman–Crippen LogP) is 2.57. The maximum Gasteiger partial charge on any atom is 0.416 e. The number of halogens is 3. The zero-order valence-electron chi connectivity index (χ0n) is 15.6. The molecule has 1 saturated heterocycles. The second kappa shape index (κ2) is 7.20. The summed E-state index contributed by atoms with van der Waals surface area (Å²) < 4.78 is 71.4. The van der Waals surface area contributed by atoms with Gasteiger partial charge in [0.25, 0.3) is 15.9 Å². The Kier molecular flexibility index (Phi) is 5.14. The highest BCUT2D eigenvalue weighted by Crippen LogP contribution is 2.35. The van der Waals surface area contributed by atoms with Crippen molar-refractivity contribution in [3.8, 4) is 5.75 Å². The molecular weight excluding hydrogens is 427 g/mol. The molecule has 3 N–H and O–H groups in total. The van der Waals surface area contributed by atoms with E-state index in [9.17, 15) is 31.2 Å². The number of ether oxygens (including phenoxy) is 1. The monoisotopic (exact) mass is 443 g/mol. The summed E-state index contributed by atoms with van der Waals surface area (Å²) in [5.74, 6) is -0.584. The van der Waals surface area contributed by atoms with Gasteiger partial charge in [0.15, 0.2) is 0 Å². The molecule has 1 aliphatic heterocycles. The van der Waals surface area contributed by atoms with E-state index in [0.717, 1.165) is 24.3 Å². The van der Waals surface area contributed by atoms with E-state index in [1.807, 2.05) is 0 Å². The van der Waals surface area contributed by atoms with Crippen molar-refractivity contribution in [3.05, 3.63) is 53.6 Å². The lowest BCUT2D eigenvalue weighted by Crippen LogP contribution is -2.41. The number of alkyl halides is 3. The number of rotatable bonds is 5. The van der Waals surface area contributed by atoms with Gasteiger partial charge in [0.05, 0.1) is 17.6 Å². The molecule has 1 fully saturated rings. The molecule has 12 heteroatoms. The van der Waals surface area contributed by atoms with Crippen molar-refractivity contribution in [2.24, 2.45) is 0 Å². The number of benzene rings is 2. The van der Waals surface area contributed by atoms with E-state index < -0.39 is 39.2 Å². The van der Waals surface area contributed by atoms with Crippen LogP contribution in [-0.2, 0) is 26.5 Å². The Labute approximate surface area is 169 Å². The van der Waals surface area contributed by atoms with Crippen LogP contribution in [0, 0.1) is 0 Å². The molecule has 0 bridgehead atoms. The number of carbonyl (C=O) groups is 2. The second-order valence-corrected chi connectivity index (χ2v) is 8.26. The second-order valence-electron chi connectivity index (χ2n) is 6.58. The molecule has 2 aromatic rings. The van der Waals surface area contributed by atoms with Gasteiger partial charge in [0.2, 0.25) is 0 Å². The fourth-order valence-corrected chi connectivity index (χ4v) is 4.03. The van der Waals surface area contributed by atoms with Gasteiger partial charge in [-0.15, -0.1) is 0 Å². The van der Waals surface area contributed by atoms with Crippen molar-refractivity contribution in [1.82, 2.24) is 10.6 Å². The van der Waals surface area contributed by atoms with Gasteiger partial charge < -0.3 is 10.1 Å². The molecule has 0 saturated carbocycles. The summed E-state index contributed by atoms with van der Waals surface area (Å²) in [6, 6.07) is 6.50. The Morgan fingerprint density at radius 1 is 1.10 bits per heavy atom. The highest BCUT2D eigenvalue weighted by atomic mass is 32.2. The van der Waals surface area contributed by atoms with Crippen molar-refractivity contribution in [2.75, 3.05) is 11.8 Å². The van der Waals surface area contributed by atoms with Gasteiger partial charge in [-0.25, -0.2) is 13.2 Å². The smallest absolute Gasteiger partial charge is 0.416 e. The Hall–Kier alpha value is -3.28. The van der Waals surface area contributed by atoms with Gasteiger partial charge in [0.1, 0.15) is 11.3 Å². The number of sulfonamides is 1. The van der Waals surface area contributed by atoms with Gasteiger partial charge >= 0.3 is 12.2 Å². The van der Waals surface area contributed by atoms with Crippen LogP contribution in [0.4, 0.5) is 23.7 Å². The number of methoxy groups -OCH3 is 1. The molecule has 2 aromatic carbocycles. The van der Waals surface area contributed by atoms with Crippen LogP contribution >= 0.6 is 0 Å². The Bertz CT molecular complexity index is 1130. The maximum absolute atomic E-state index is 12.9. The number of anilines is 1. The van der Waals surface area contributed by atoms with Crippen molar-refractivity contribution < 1.29 is 35.9 Å². The number of amides is 3. The highest BCUT2D eigenvalue weighted by molar-refractivity contribution is 7.92. The number of imide groups is 1. The Balaban J connectivity index is 2.02. The molecule has 160 valence electrons. The van der Waals surface area contributed by atoms with Crippen molar-refractivity contribution >= 4 is 27.6 Å². The Morgan fingerprint density at radius 3 is 2.37 bits per heavy atom. The Morgan fingerprint density at radius 2 is 1.80 bits per heavy atom. The lowest BCUT2D eigenvalue weighted by molar-refractivity contribution is -0.137. The third kappa shape index (κ3) is 3.90. The zero-order valence-corrected chi connectivity index (χ0v) is 16.4. The molecule has 0 aromatic heterocycles. The molecule has 3 rings (SSSR count). The van der Waals surface area contributed by atoms with Crippen molar-refractivity contribution in [3.63, 3.8) is 0 Å². The minimum absolute atomic E-state index is 0.0558. The lowest BCUT2D eigenvalue weighted by Gasteiger charge is -2.24. The van der Waals surface area contributed by atoms with Crippen molar-refractivity contribution in [2.45, 2.75) is 23.5 Å². The van der Waals surface area contributed by atoms with Gasteiger partial charge in [-0.2, -0.15) is 13.2 Å². The topological polar surface area (TPSA) is 114 Å². The largest absolute Gasteiger partial charge is 0.496 e. The van der Waals surface area contributed by atoms with Crippen LogP contribution in [-0.4, -0.2) is 27.5 Å². The van der Waals surface area contributed by atoms with Crippen LogP contribution in [0.1, 0.15) is 18.1 Å². The normalized spacial score (nSPS) is 19.2. The number of hydrogen-bond donors (Lipinski definition) is 3. The fourth-order valence-electron chi connectivity index (χ4n) is 2.95. The van der Waals surface area contributed by atoms with Crippen LogP contribution < -0.4 is 20.1 Å². The maximum atomic E-state index is 12.9. The summed E-state index contributed by atoms with van der Waals surface area (Å²) in [5.41, 5.74) is -2.86. The first-order valence-corrected chi connectivity index (χ1v) is 9.87. The average molecular weight is 443 g/mol. The summed E-state index contributed by atoms with van der Waals surface area (Å²) in [4.78, 5) is 23.5. The summed E-state index contributed by atoms with van der Waals surface area (Å²) in [7, 11) is -3.03. The van der Waals surface area contributed by atoms with Crippen LogP contribution in [0.5, 0.6) is 5.75 Å². The number of hydrogen-bond acceptors (Lipinski definition) is 5. The molecule has 1 aliphatic rings. The molecule has 30 heavy (non-hydrogen) atoms. The van der Waals surface area contributed by atoms with Gasteiger partial charge in [-0.05, 0) is 43.3 Å². The zero-order chi connectivity index (χ0) is 22.3. The molecule has 1 atom stereocenters. The number of nitrogens with one attached hydrogen (secondary N) is 3. The van der Waals surface area contributed by atoms with E-state index in [0.29, 0.717) is 6.07 Å². The van der Waals surface area contributed by atoms with Gasteiger partial charge in [-0.1, -0.05) is 6.07 Å². The first-order chi connectivity index (χ1) is 13.9. The van der Waals surface area contributed by atoms with Crippen molar-refractivity contribution in [1.29, 1.82) is 0 Å². The molecule has 0 unspecified atom stereocenters. The minimum atomic E-state index is -4.64. The van der Waals surface area contributed by atoms with E-state index in [1.165, 1.54) is 26.2 Å². The number of urea groups is 1. The standard InChI is InChI=1S/C18H16F3N3O5S/c1-17(15(25)22-16(26)23-17)13-9-12(6-7-14(13)29-2)30(27,28)24-11-5-3-4-10(8-11)18(19,20)21/h3-9,24H,1-2H3,(H2,22,23,25,26)/t17-/m1/s1.